The van der Waals surface area contributed by atoms with Crippen LogP contribution in [0.1, 0.15) is 22.6 Å². The van der Waals surface area contributed by atoms with Gasteiger partial charge in [0.2, 0.25) is 11.8 Å². The van der Waals surface area contributed by atoms with Gasteiger partial charge in [-0.15, -0.1) is 0 Å². The van der Waals surface area contributed by atoms with Crippen LogP contribution in [0.3, 0.4) is 0 Å². The number of carbonyl (C=O) groups is 2. The highest BCUT2D eigenvalue weighted by Crippen LogP contribution is 2.36. The van der Waals surface area contributed by atoms with E-state index < -0.39 is 5.92 Å². The molecule has 1 atom stereocenters. The zero-order chi connectivity index (χ0) is 20.9. The van der Waals surface area contributed by atoms with Crippen molar-refractivity contribution in [3.05, 3.63) is 95.6 Å². The Morgan fingerprint density at radius 3 is 2.40 bits per heavy atom. The maximum absolute atomic E-state index is 12.8. The van der Waals surface area contributed by atoms with Crippen molar-refractivity contribution in [1.82, 2.24) is 5.32 Å². The molecule has 4 rings (SSSR count). The third-order valence-corrected chi connectivity index (χ3v) is 5.00. The van der Waals surface area contributed by atoms with Crippen molar-refractivity contribution >= 4 is 28.9 Å². The predicted molar refractivity (Wildman–Crippen MR) is 118 cm³/mol. The summed E-state index contributed by atoms with van der Waals surface area (Å²) in [6.45, 7) is 0.373. The Kier molecular flexibility index (Phi) is 5.68. The normalized spacial score (nSPS) is 15.4. The van der Waals surface area contributed by atoms with Crippen LogP contribution in [0.5, 0.6) is 0 Å². The zero-order valence-corrected chi connectivity index (χ0v) is 16.3. The number of hydrogen-bond acceptors (Lipinski definition) is 4. The van der Waals surface area contributed by atoms with E-state index >= 15 is 0 Å². The first-order valence-corrected chi connectivity index (χ1v) is 9.75. The third kappa shape index (κ3) is 4.14. The number of nitrogens with zero attached hydrogens (tertiary/aromatic N) is 1. The first-order valence-electron chi connectivity index (χ1n) is 9.75. The molecule has 0 saturated carbocycles. The summed E-state index contributed by atoms with van der Waals surface area (Å²) < 4.78 is 0. The van der Waals surface area contributed by atoms with E-state index in [1.807, 2.05) is 78.9 Å². The summed E-state index contributed by atoms with van der Waals surface area (Å²) in [7, 11) is 0. The van der Waals surface area contributed by atoms with Gasteiger partial charge in [-0.05, 0) is 34.9 Å². The van der Waals surface area contributed by atoms with Gasteiger partial charge in [0.15, 0.2) is 0 Å². The number of amides is 2. The fraction of sp³-hybridized carbons (Fsp3) is 0.125. The maximum atomic E-state index is 12.8. The maximum Gasteiger partial charge on any atom is 0.238 e. The molecule has 0 fully saturated rings. The molecule has 4 N–H and O–H groups in total. The molecule has 150 valence electrons. The van der Waals surface area contributed by atoms with Crippen LogP contribution >= 0.6 is 0 Å². The smallest absolute Gasteiger partial charge is 0.238 e. The van der Waals surface area contributed by atoms with E-state index in [1.165, 1.54) is 0 Å². The second-order valence-corrected chi connectivity index (χ2v) is 7.02. The summed E-state index contributed by atoms with van der Waals surface area (Å²) >= 11 is 0. The minimum Gasteiger partial charge on any atom is -0.351 e. The van der Waals surface area contributed by atoms with Gasteiger partial charge >= 0.3 is 0 Å². The fourth-order valence-corrected chi connectivity index (χ4v) is 3.49. The van der Waals surface area contributed by atoms with Crippen molar-refractivity contribution in [2.75, 3.05) is 11.9 Å². The van der Waals surface area contributed by atoms with Gasteiger partial charge in [-0.2, -0.15) is 0 Å². The lowest BCUT2D eigenvalue weighted by Crippen LogP contribution is -2.29. The van der Waals surface area contributed by atoms with Gasteiger partial charge in [-0.1, -0.05) is 60.7 Å². The van der Waals surface area contributed by atoms with E-state index in [4.69, 9.17) is 10.7 Å². The fourth-order valence-electron chi connectivity index (χ4n) is 3.49. The molecule has 0 aromatic heterocycles. The molecule has 1 aliphatic rings. The number of aliphatic imine (C=N–C) groups is 1. The minimum atomic E-state index is -0.480. The number of nitrogens with one attached hydrogen (secondary N) is 2. The van der Waals surface area contributed by atoms with Crippen molar-refractivity contribution in [2.45, 2.75) is 12.5 Å². The molecule has 1 aliphatic heterocycles. The van der Waals surface area contributed by atoms with Crippen molar-refractivity contribution in [3.63, 3.8) is 0 Å². The van der Waals surface area contributed by atoms with Crippen LogP contribution in [0.15, 0.2) is 83.9 Å². The monoisotopic (exact) mass is 398 g/mol. The molecule has 0 radical (unpaired) electrons. The summed E-state index contributed by atoms with van der Waals surface area (Å²) in [4.78, 5) is 29.0. The molecule has 1 heterocycles. The number of fused-ring (bicyclic) bond motifs is 1. The molecular weight excluding hydrogens is 376 g/mol. The Morgan fingerprint density at radius 1 is 0.967 bits per heavy atom. The summed E-state index contributed by atoms with van der Waals surface area (Å²) in [5.41, 5.74) is 10.3. The van der Waals surface area contributed by atoms with E-state index in [0.717, 1.165) is 28.1 Å². The Bertz CT molecular complexity index is 1090. The van der Waals surface area contributed by atoms with Crippen LogP contribution in [0.2, 0.25) is 0 Å². The lowest BCUT2D eigenvalue weighted by atomic mass is 9.90. The summed E-state index contributed by atoms with van der Waals surface area (Å²) in [6, 6.07) is 25.0. The summed E-state index contributed by atoms with van der Waals surface area (Å²) in [5, 5.41) is 5.70. The molecule has 3 aromatic carbocycles. The van der Waals surface area contributed by atoms with Gasteiger partial charge in [0.25, 0.3) is 0 Å². The number of rotatable bonds is 6. The van der Waals surface area contributed by atoms with Gasteiger partial charge < -0.3 is 16.4 Å². The highest BCUT2D eigenvalue weighted by atomic mass is 16.2. The summed E-state index contributed by atoms with van der Waals surface area (Å²) in [6.07, 6.45) is 0. The SMILES string of the molecule is NCC(=O)NCc1ccc(N=C(c2ccccc2)C2C(=O)Nc3ccccc32)cc1. The van der Waals surface area contributed by atoms with E-state index in [1.54, 1.807) is 0 Å². The molecule has 6 heteroatoms. The lowest BCUT2D eigenvalue weighted by molar-refractivity contribution is -0.120. The second-order valence-electron chi connectivity index (χ2n) is 7.02. The predicted octanol–water partition coefficient (Wildman–Crippen LogP) is 3.12. The highest BCUT2D eigenvalue weighted by molar-refractivity contribution is 6.24. The van der Waals surface area contributed by atoms with Crippen molar-refractivity contribution in [1.29, 1.82) is 0 Å². The first-order chi connectivity index (χ1) is 14.7. The number of carbonyl (C=O) groups excluding carboxylic acids is 2. The van der Waals surface area contributed by atoms with Gasteiger partial charge in [0, 0.05) is 12.2 Å². The first kappa shape index (κ1) is 19.5. The highest BCUT2D eigenvalue weighted by Gasteiger charge is 2.35. The quantitative estimate of drug-likeness (QED) is 0.557. The number of anilines is 1. The number of para-hydroxylation sites is 1. The van der Waals surface area contributed by atoms with Crippen LogP contribution in [-0.2, 0) is 16.1 Å². The molecule has 30 heavy (non-hydrogen) atoms. The topological polar surface area (TPSA) is 96.6 Å². The van der Waals surface area contributed by atoms with Crippen LogP contribution in [-0.4, -0.2) is 24.1 Å². The van der Waals surface area contributed by atoms with Gasteiger partial charge in [0.1, 0.15) is 5.92 Å². The largest absolute Gasteiger partial charge is 0.351 e. The van der Waals surface area contributed by atoms with E-state index in [-0.39, 0.29) is 18.4 Å². The molecule has 0 bridgehead atoms. The molecule has 2 amide bonds. The minimum absolute atomic E-state index is 0.0340. The standard InChI is InChI=1S/C24H22N4O2/c25-14-21(29)26-15-16-10-12-18(13-11-16)27-23(17-6-2-1-3-7-17)22-19-8-4-5-9-20(19)28-24(22)30/h1-13,22H,14-15,25H2,(H,26,29)(H,28,30). The van der Waals surface area contributed by atoms with Crippen molar-refractivity contribution in [2.24, 2.45) is 10.7 Å². The molecule has 3 aromatic rings. The Balaban J connectivity index is 1.69. The van der Waals surface area contributed by atoms with Gasteiger partial charge in [-0.3, -0.25) is 14.6 Å². The van der Waals surface area contributed by atoms with Crippen LogP contribution < -0.4 is 16.4 Å². The Labute approximate surface area is 174 Å². The second kappa shape index (κ2) is 8.71. The average molecular weight is 398 g/mol. The zero-order valence-electron chi connectivity index (χ0n) is 16.3. The van der Waals surface area contributed by atoms with E-state index in [0.29, 0.717) is 12.3 Å². The van der Waals surface area contributed by atoms with Crippen LogP contribution in [0.4, 0.5) is 11.4 Å². The Hall–Kier alpha value is -3.77. The molecule has 0 saturated heterocycles. The van der Waals surface area contributed by atoms with Crippen molar-refractivity contribution in [3.8, 4) is 0 Å². The molecule has 1 unspecified atom stereocenters. The van der Waals surface area contributed by atoms with Crippen LogP contribution in [0.25, 0.3) is 0 Å². The average Bonchev–Trinajstić information content (AvgIpc) is 3.12. The third-order valence-electron chi connectivity index (χ3n) is 5.00. The number of benzene rings is 3. The van der Waals surface area contributed by atoms with Gasteiger partial charge in [0.05, 0.1) is 17.9 Å². The molecule has 0 aliphatic carbocycles. The molecule has 0 spiro atoms. The van der Waals surface area contributed by atoms with Crippen LogP contribution in [0, 0.1) is 0 Å². The van der Waals surface area contributed by atoms with Gasteiger partial charge in [-0.25, -0.2) is 0 Å². The molecule has 6 nitrogen and oxygen atoms in total. The molecular formula is C24H22N4O2. The van der Waals surface area contributed by atoms with E-state index in [9.17, 15) is 9.59 Å². The Morgan fingerprint density at radius 2 is 1.67 bits per heavy atom. The lowest BCUT2D eigenvalue weighted by Gasteiger charge is -2.14. The van der Waals surface area contributed by atoms with Crippen molar-refractivity contribution < 1.29 is 9.59 Å². The van der Waals surface area contributed by atoms with E-state index in [2.05, 4.69) is 10.6 Å². The summed E-state index contributed by atoms with van der Waals surface area (Å²) in [5.74, 6) is -0.763. The number of hydrogen-bond donors (Lipinski definition) is 3. The number of nitrogens with two attached hydrogens (primary N) is 1.